The quantitative estimate of drug-likeness (QED) is 0.720. The molecule has 1 aliphatic heterocycles. The smallest absolute Gasteiger partial charge is 0.133 e. The second-order valence-corrected chi connectivity index (χ2v) is 5.71. The zero-order valence-corrected chi connectivity index (χ0v) is 12.9. The van der Waals surface area contributed by atoms with Crippen LogP contribution in [-0.4, -0.2) is 19.3 Å². The minimum atomic E-state index is 0.473. The van der Waals surface area contributed by atoms with Crippen LogP contribution in [0, 0.1) is 0 Å². The molecule has 1 saturated heterocycles. The molecule has 1 aliphatic rings. The summed E-state index contributed by atoms with van der Waals surface area (Å²) in [5.74, 6) is 1.47. The van der Waals surface area contributed by atoms with E-state index < -0.39 is 0 Å². The summed E-state index contributed by atoms with van der Waals surface area (Å²) < 4.78 is 12.0. The average Bonchev–Trinajstić information content (AvgIpc) is 3.14. The molecule has 0 amide bonds. The number of epoxide rings is 1. The number of hydrogen-bond acceptors (Lipinski definition) is 2. The molecule has 100 valence electrons. The summed E-state index contributed by atoms with van der Waals surface area (Å²) >= 11 is 3.56. The van der Waals surface area contributed by atoms with Gasteiger partial charge in [0.05, 0.1) is 23.8 Å². The fourth-order valence-corrected chi connectivity index (χ4v) is 3.06. The van der Waals surface area contributed by atoms with E-state index in [1.54, 1.807) is 7.11 Å². The van der Waals surface area contributed by atoms with Crippen LogP contribution in [0.3, 0.4) is 0 Å². The first-order chi connectivity index (χ1) is 8.69. The molecule has 0 N–H and O–H groups in total. The Hall–Kier alpha value is -0.540. The van der Waals surface area contributed by atoms with Gasteiger partial charge in [0.1, 0.15) is 5.75 Å². The van der Waals surface area contributed by atoms with Gasteiger partial charge in [-0.25, -0.2) is 0 Å². The first-order valence-corrected chi connectivity index (χ1v) is 7.47. The average molecular weight is 313 g/mol. The molecule has 3 atom stereocenters. The minimum Gasteiger partial charge on any atom is -0.496 e. The topological polar surface area (TPSA) is 21.8 Å². The van der Waals surface area contributed by atoms with Crippen molar-refractivity contribution < 1.29 is 9.47 Å². The number of hydrogen-bond donors (Lipinski definition) is 0. The van der Waals surface area contributed by atoms with E-state index >= 15 is 0 Å². The standard InChI is InChI=1S/C15H21BrO2/c1-4-10(9-15-13(5-2)18-15)11-6-7-14(17-3)12(16)8-11/h6-8,10,13,15H,4-5,9H2,1-3H3. The Morgan fingerprint density at radius 2 is 2.11 bits per heavy atom. The molecule has 1 fully saturated rings. The maximum atomic E-state index is 5.66. The van der Waals surface area contributed by atoms with Gasteiger partial charge in [-0.05, 0) is 58.8 Å². The van der Waals surface area contributed by atoms with Gasteiger partial charge in [0.2, 0.25) is 0 Å². The zero-order chi connectivity index (χ0) is 13.1. The summed E-state index contributed by atoms with van der Waals surface area (Å²) in [6, 6.07) is 6.38. The molecule has 0 spiro atoms. The molecule has 1 heterocycles. The molecule has 2 rings (SSSR count). The first-order valence-electron chi connectivity index (χ1n) is 6.68. The van der Waals surface area contributed by atoms with Crippen LogP contribution < -0.4 is 4.74 Å². The van der Waals surface area contributed by atoms with Gasteiger partial charge < -0.3 is 9.47 Å². The van der Waals surface area contributed by atoms with Crippen molar-refractivity contribution >= 4 is 15.9 Å². The Bertz CT molecular complexity index is 405. The molecule has 0 aliphatic carbocycles. The van der Waals surface area contributed by atoms with E-state index in [0.29, 0.717) is 18.1 Å². The van der Waals surface area contributed by atoms with Crippen LogP contribution in [0.1, 0.15) is 44.6 Å². The van der Waals surface area contributed by atoms with Gasteiger partial charge in [-0.1, -0.05) is 19.9 Å². The summed E-state index contributed by atoms with van der Waals surface area (Å²) in [4.78, 5) is 0. The predicted octanol–water partition coefficient (Wildman–Crippen LogP) is 4.52. The van der Waals surface area contributed by atoms with E-state index in [-0.39, 0.29) is 0 Å². The van der Waals surface area contributed by atoms with Crippen molar-refractivity contribution in [3.05, 3.63) is 28.2 Å². The van der Waals surface area contributed by atoms with Gasteiger partial charge in [0.15, 0.2) is 0 Å². The lowest BCUT2D eigenvalue weighted by Gasteiger charge is -2.15. The Morgan fingerprint density at radius 1 is 1.33 bits per heavy atom. The van der Waals surface area contributed by atoms with Gasteiger partial charge in [0.25, 0.3) is 0 Å². The molecular weight excluding hydrogens is 292 g/mol. The number of halogens is 1. The molecule has 1 aromatic rings. The molecule has 2 nitrogen and oxygen atoms in total. The Morgan fingerprint density at radius 3 is 2.61 bits per heavy atom. The Balaban J connectivity index is 2.05. The lowest BCUT2D eigenvalue weighted by Crippen LogP contribution is -2.04. The van der Waals surface area contributed by atoms with Crippen LogP contribution in [0.25, 0.3) is 0 Å². The van der Waals surface area contributed by atoms with E-state index in [4.69, 9.17) is 9.47 Å². The van der Waals surface area contributed by atoms with E-state index in [2.05, 4.69) is 41.9 Å². The van der Waals surface area contributed by atoms with Gasteiger partial charge >= 0.3 is 0 Å². The van der Waals surface area contributed by atoms with Crippen LogP contribution in [0.15, 0.2) is 22.7 Å². The second-order valence-electron chi connectivity index (χ2n) is 4.86. The second kappa shape index (κ2) is 6.07. The summed E-state index contributed by atoms with van der Waals surface area (Å²) in [7, 11) is 1.70. The highest BCUT2D eigenvalue weighted by atomic mass is 79.9. The van der Waals surface area contributed by atoms with E-state index in [0.717, 1.165) is 29.5 Å². The van der Waals surface area contributed by atoms with Crippen LogP contribution in [0.5, 0.6) is 5.75 Å². The van der Waals surface area contributed by atoms with Crippen LogP contribution in [-0.2, 0) is 4.74 Å². The third-order valence-corrected chi connectivity index (χ3v) is 4.37. The Kier molecular flexibility index (Phi) is 4.68. The lowest BCUT2D eigenvalue weighted by atomic mass is 9.91. The van der Waals surface area contributed by atoms with Crippen molar-refractivity contribution in [1.29, 1.82) is 0 Å². The molecular formula is C15H21BrO2. The fraction of sp³-hybridized carbons (Fsp3) is 0.600. The SMILES string of the molecule is CCC(CC1OC1CC)c1ccc(OC)c(Br)c1. The largest absolute Gasteiger partial charge is 0.496 e. The lowest BCUT2D eigenvalue weighted by molar-refractivity contribution is 0.349. The van der Waals surface area contributed by atoms with Crippen molar-refractivity contribution in [3.8, 4) is 5.75 Å². The monoisotopic (exact) mass is 312 g/mol. The van der Waals surface area contributed by atoms with Crippen LogP contribution in [0.2, 0.25) is 0 Å². The third kappa shape index (κ3) is 3.07. The van der Waals surface area contributed by atoms with Crippen molar-refractivity contribution in [2.24, 2.45) is 0 Å². The van der Waals surface area contributed by atoms with Crippen molar-refractivity contribution in [3.63, 3.8) is 0 Å². The zero-order valence-electron chi connectivity index (χ0n) is 11.3. The van der Waals surface area contributed by atoms with Gasteiger partial charge in [-0.2, -0.15) is 0 Å². The molecule has 3 heteroatoms. The summed E-state index contributed by atoms with van der Waals surface area (Å²) in [5.41, 5.74) is 1.37. The van der Waals surface area contributed by atoms with Crippen molar-refractivity contribution in [2.45, 2.75) is 51.2 Å². The summed E-state index contributed by atoms with van der Waals surface area (Å²) in [5, 5.41) is 0. The van der Waals surface area contributed by atoms with Gasteiger partial charge in [-0.15, -0.1) is 0 Å². The third-order valence-electron chi connectivity index (χ3n) is 3.75. The highest BCUT2D eigenvalue weighted by molar-refractivity contribution is 9.10. The summed E-state index contributed by atoms with van der Waals surface area (Å²) in [6.07, 6.45) is 4.39. The maximum Gasteiger partial charge on any atom is 0.133 e. The first kappa shape index (κ1) is 13.9. The van der Waals surface area contributed by atoms with E-state index in [1.807, 2.05) is 6.07 Å². The molecule has 18 heavy (non-hydrogen) atoms. The number of benzene rings is 1. The molecule has 3 unspecified atom stereocenters. The predicted molar refractivity (Wildman–Crippen MR) is 77.3 cm³/mol. The van der Waals surface area contributed by atoms with Crippen LogP contribution >= 0.6 is 15.9 Å². The Labute approximate surface area is 118 Å². The fourth-order valence-electron chi connectivity index (χ4n) is 2.50. The highest BCUT2D eigenvalue weighted by Crippen LogP contribution is 2.37. The van der Waals surface area contributed by atoms with Gasteiger partial charge in [-0.3, -0.25) is 0 Å². The number of ether oxygens (including phenoxy) is 2. The van der Waals surface area contributed by atoms with E-state index in [9.17, 15) is 0 Å². The maximum absolute atomic E-state index is 5.66. The van der Waals surface area contributed by atoms with Crippen molar-refractivity contribution in [2.75, 3.05) is 7.11 Å². The van der Waals surface area contributed by atoms with E-state index in [1.165, 1.54) is 5.56 Å². The minimum absolute atomic E-state index is 0.473. The summed E-state index contributed by atoms with van der Waals surface area (Å²) in [6.45, 7) is 4.43. The molecule has 0 saturated carbocycles. The molecule has 0 bridgehead atoms. The molecule has 0 radical (unpaired) electrons. The highest BCUT2D eigenvalue weighted by Gasteiger charge is 2.38. The molecule has 1 aromatic carbocycles. The van der Waals surface area contributed by atoms with Gasteiger partial charge in [0, 0.05) is 0 Å². The number of rotatable bonds is 6. The molecule has 0 aromatic heterocycles. The van der Waals surface area contributed by atoms with Crippen molar-refractivity contribution in [1.82, 2.24) is 0 Å². The normalized spacial score (nSPS) is 23.8. The number of methoxy groups -OCH3 is 1. The van der Waals surface area contributed by atoms with Crippen LogP contribution in [0.4, 0.5) is 0 Å².